The third-order valence-corrected chi connectivity index (χ3v) is 7.48. The van der Waals surface area contributed by atoms with Crippen LogP contribution in [0.2, 0.25) is 5.02 Å². The number of carbonyl (C=O) groups is 6. The number of methoxy groups -OCH3 is 1. The average Bonchev–Trinajstić information content (AvgIpc) is 3.10. The summed E-state index contributed by atoms with van der Waals surface area (Å²) in [5.74, 6) is -3.03. The molecule has 50 heavy (non-hydrogen) atoms. The van der Waals surface area contributed by atoms with Crippen molar-refractivity contribution >= 4 is 58.4 Å². The van der Waals surface area contributed by atoms with Gasteiger partial charge < -0.3 is 30.3 Å². The molecule has 0 aliphatic heterocycles. The van der Waals surface area contributed by atoms with Crippen LogP contribution in [-0.4, -0.2) is 83.6 Å². The van der Waals surface area contributed by atoms with Gasteiger partial charge in [0.05, 0.1) is 37.2 Å². The Balaban J connectivity index is 0.00000425. The molecule has 268 valence electrons. The van der Waals surface area contributed by atoms with Crippen LogP contribution in [0.4, 0.5) is 11.4 Å². The zero-order valence-corrected chi connectivity index (χ0v) is 29.8. The minimum Gasteiger partial charge on any atom is -0.497 e. The molecular weight excluding hydrogens is 664 g/mol. The first-order chi connectivity index (χ1) is 23.9. The van der Waals surface area contributed by atoms with Gasteiger partial charge in [-0.05, 0) is 66.9 Å². The van der Waals surface area contributed by atoms with E-state index in [1.807, 2.05) is 27.7 Å². The fraction of sp³-hybridized carbons (Fsp3) is 0.351. The summed E-state index contributed by atoms with van der Waals surface area (Å²) in [4.78, 5) is 78.7. The summed E-state index contributed by atoms with van der Waals surface area (Å²) < 4.78 is 5.18. The summed E-state index contributed by atoms with van der Waals surface area (Å²) in [7, 11) is 1.45. The van der Waals surface area contributed by atoms with E-state index in [4.69, 9.17) is 16.3 Å². The zero-order valence-electron chi connectivity index (χ0n) is 29.0. The van der Waals surface area contributed by atoms with Crippen LogP contribution in [0.25, 0.3) is 0 Å². The van der Waals surface area contributed by atoms with Crippen LogP contribution in [0.1, 0.15) is 67.7 Å². The van der Waals surface area contributed by atoms with E-state index in [-0.39, 0.29) is 43.1 Å². The number of amides is 4. The van der Waals surface area contributed by atoms with Crippen LogP contribution in [0.5, 0.6) is 5.75 Å². The van der Waals surface area contributed by atoms with E-state index in [9.17, 15) is 33.9 Å². The van der Waals surface area contributed by atoms with E-state index in [1.165, 1.54) is 42.3 Å². The van der Waals surface area contributed by atoms with Crippen molar-refractivity contribution in [1.29, 1.82) is 0 Å². The number of rotatable bonds is 17. The van der Waals surface area contributed by atoms with Crippen molar-refractivity contribution in [2.45, 2.75) is 47.0 Å². The second kappa shape index (κ2) is 21.0. The van der Waals surface area contributed by atoms with Crippen LogP contribution >= 0.6 is 11.6 Å². The number of carboxylic acid groups (broad SMARTS) is 1. The predicted octanol–water partition coefficient (Wildman–Crippen LogP) is 6.02. The number of carbonyl (C=O) groups excluding carboxylic acids is 5. The van der Waals surface area contributed by atoms with Crippen LogP contribution in [0.15, 0.2) is 72.8 Å². The number of para-hydroxylation sites is 1. The van der Waals surface area contributed by atoms with Crippen LogP contribution in [0.3, 0.4) is 0 Å². The van der Waals surface area contributed by atoms with Gasteiger partial charge in [-0.1, -0.05) is 57.5 Å². The summed E-state index contributed by atoms with van der Waals surface area (Å²) in [6, 6.07) is 19.0. The molecule has 0 radical (unpaired) electrons. The van der Waals surface area contributed by atoms with E-state index in [2.05, 4.69) is 10.6 Å². The fourth-order valence-corrected chi connectivity index (χ4v) is 4.69. The summed E-state index contributed by atoms with van der Waals surface area (Å²) in [5, 5.41) is 14.9. The second-order valence-electron chi connectivity index (χ2n) is 11.4. The van der Waals surface area contributed by atoms with Gasteiger partial charge in [-0.3, -0.25) is 28.8 Å². The number of benzene rings is 3. The molecule has 4 amide bonds. The van der Waals surface area contributed by atoms with Gasteiger partial charge in [0.15, 0.2) is 5.78 Å². The molecule has 12 nitrogen and oxygen atoms in total. The molecule has 0 aliphatic carbocycles. The number of ether oxygens (including phenoxy) is 1. The lowest BCUT2D eigenvalue weighted by molar-refractivity contribution is -0.138. The van der Waals surface area contributed by atoms with Gasteiger partial charge in [-0.2, -0.15) is 0 Å². The molecular formula is C37H45ClN4O8. The van der Waals surface area contributed by atoms with Gasteiger partial charge in [0, 0.05) is 29.9 Å². The molecule has 13 heteroatoms. The van der Waals surface area contributed by atoms with Crippen LogP contribution in [0, 0.1) is 5.92 Å². The number of aliphatic carboxylic acids is 1. The Bertz CT molecular complexity index is 1630. The van der Waals surface area contributed by atoms with E-state index < -0.39 is 48.3 Å². The Morgan fingerprint density at radius 2 is 1.48 bits per heavy atom. The van der Waals surface area contributed by atoms with E-state index in [0.29, 0.717) is 28.6 Å². The van der Waals surface area contributed by atoms with Crippen LogP contribution in [-0.2, 0) is 19.2 Å². The maximum Gasteiger partial charge on any atom is 0.305 e. The highest BCUT2D eigenvalue weighted by atomic mass is 35.5. The Morgan fingerprint density at radius 1 is 0.800 bits per heavy atom. The number of hydrogen-bond acceptors (Lipinski definition) is 7. The molecule has 0 saturated carbocycles. The van der Waals surface area contributed by atoms with Gasteiger partial charge in [0.2, 0.25) is 17.7 Å². The second-order valence-corrected chi connectivity index (χ2v) is 11.8. The molecule has 3 aromatic carbocycles. The van der Waals surface area contributed by atoms with Gasteiger partial charge in [0.25, 0.3) is 5.91 Å². The Labute approximate surface area is 297 Å². The normalized spacial score (nSPS) is 10.3. The lowest BCUT2D eigenvalue weighted by atomic mass is 10.1. The first-order valence-electron chi connectivity index (χ1n) is 16.3. The third-order valence-electron chi connectivity index (χ3n) is 7.15. The van der Waals surface area contributed by atoms with E-state index in [1.54, 1.807) is 42.5 Å². The maximum atomic E-state index is 13.5. The van der Waals surface area contributed by atoms with E-state index in [0.717, 1.165) is 4.90 Å². The van der Waals surface area contributed by atoms with Crippen molar-refractivity contribution < 1.29 is 38.6 Å². The predicted molar refractivity (Wildman–Crippen MR) is 193 cm³/mol. The van der Waals surface area contributed by atoms with Crippen LogP contribution < -0.4 is 15.4 Å². The molecule has 0 bridgehead atoms. The molecule has 3 N–H and O–H groups in total. The zero-order chi connectivity index (χ0) is 37.2. The smallest absolute Gasteiger partial charge is 0.305 e. The van der Waals surface area contributed by atoms with Gasteiger partial charge in [-0.25, -0.2) is 0 Å². The molecule has 3 rings (SSSR count). The van der Waals surface area contributed by atoms with Crippen molar-refractivity contribution in [3.8, 4) is 5.75 Å². The molecule has 0 aromatic heterocycles. The monoisotopic (exact) mass is 708 g/mol. The summed E-state index contributed by atoms with van der Waals surface area (Å²) in [5.41, 5.74) is 1.25. The highest BCUT2D eigenvalue weighted by Gasteiger charge is 2.25. The first-order valence-corrected chi connectivity index (χ1v) is 16.6. The lowest BCUT2D eigenvalue weighted by Crippen LogP contribution is -2.46. The summed E-state index contributed by atoms with van der Waals surface area (Å²) >= 11 is 6.06. The van der Waals surface area contributed by atoms with Gasteiger partial charge in [-0.15, -0.1) is 0 Å². The number of halogens is 1. The number of carboxylic acids is 1. The maximum absolute atomic E-state index is 13.5. The molecule has 0 fully saturated rings. The molecule has 3 aromatic rings. The quantitative estimate of drug-likeness (QED) is 0.113. The summed E-state index contributed by atoms with van der Waals surface area (Å²) in [6.07, 6.45) is -0.202. The molecule has 0 spiro atoms. The van der Waals surface area contributed by atoms with Crippen molar-refractivity contribution in [3.05, 3.63) is 88.9 Å². The highest BCUT2D eigenvalue weighted by molar-refractivity contribution is 6.33. The lowest BCUT2D eigenvalue weighted by Gasteiger charge is -2.28. The number of hydrogen-bond donors (Lipinski definition) is 3. The Morgan fingerprint density at radius 3 is 2.10 bits per heavy atom. The van der Waals surface area contributed by atoms with Crippen molar-refractivity contribution in [2.75, 3.05) is 43.9 Å². The van der Waals surface area contributed by atoms with Gasteiger partial charge in [0.1, 0.15) is 12.3 Å². The summed E-state index contributed by atoms with van der Waals surface area (Å²) in [6.45, 7) is 7.20. The number of Topliss-reactive ketones (excluding diaryl/α,β-unsaturated/α-hetero) is 1. The number of anilines is 2. The molecule has 0 aliphatic rings. The molecule has 0 heterocycles. The topological polar surface area (TPSA) is 162 Å². The highest BCUT2D eigenvalue weighted by Crippen LogP contribution is 2.21. The number of nitrogens with one attached hydrogen (secondary N) is 2. The minimum atomic E-state index is -1.13. The van der Waals surface area contributed by atoms with Crippen molar-refractivity contribution in [1.82, 2.24) is 9.80 Å². The van der Waals surface area contributed by atoms with E-state index >= 15 is 0 Å². The molecule has 0 atom stereocenters. The first kappa shape index (κ1) is 40.9. The standard InChI is InChI=1S/C35H39ClN4O8.C2H6/c1-23(2)15-17-39(33(44)22-40(18-16-34(45)46)35(47)25-7-6-8-27(19-25)48-3)21-32(43)37-26-13-11-24(12-14-26)30(41)20-31(42)38-29-10-5-4-9-28(29)36;1-2/h4-14,19,23H,15-18,20-22H2,1-3H3,(H,37,43)(H,38,42)(H,45,46);1-2H3. The number of nitrogens with zero attached hydrogens (tertiary/aromatic N) is 2. The fourth-order valence-electron chi connectivity index (χ4n) is 4.51. The SMILES string of the molecule is CC.COc1cccc(C(=O)N(CCC(=O)O)CC(=O)N(CCC(C)C)CC(=O)Nc2ccc(C(=O)CC(=O)Nc3ccccc3Cl)cc2)c1. The number of ketones is 1. The molecule has 0 unspecified atom stereocenters. The van der Waals surface area contributed by atoms with Crippen molar-refractivity contribution in [2.24, 2.45) is 5.92 Å². The van der Waals surface area contributed by atoms with Gasteiger partial charge >= 0.3 is 5.97 Å². The minimum absolute atomic E-state index is 0.210. The molecule has 0 saturated heterocycles. The average molecular weight is 709 g/mol. The van der Waals surface area contributed by atoms with Crippen molar-refractivity contribution in [3.63, 3.8) is 0 Å². The largest absolute Gasteiger partial charge is 0.497 e. The Hall–Kier alpha value is -5.23. The Kier molecular flexibility index (Phi) is 17.2. The third kappa shape index (κ3) is 13.7.